The van der Waals surface area contributed by atoms with Crippen molar-refractivity contribution >= 4 is 43.7 Å². The van der Waals surface area contributed by atoms with Gasteiger partial charge in [-0.25, -0.2) is 0 Å². The topological polar surface area (TPSA) is 37.3 Å². The van der Waals surface area contributed by atoms with Crippen LogP contribution in [0.25, 0.3) is 0 Å². The van der Waals surface area contributed by atoms with E-state index >= 15 is 0 Å². The van der Waals surface area contributed by atoms with Crippen LogP contribution >= 0.6 is 0 Å². The predicted molar refractivity (Wildman–Crippen MR) is 23.7 cm³/mol. The van der Waals surface area contributed by atoms with Crippen LogP contribution in [0.2, 0.25) is 0 Å². The Balaban J connectivity index is -0.0000000267. The maximum Gasteiger partial charge on any atom is 2.00 e. The van der Waals surface area contributed by atoms with E-state index in [-0.39, 0.29) is 69.0 Å². The standard InChI is InChI=1S/C3H6O2.Ca.2ClH/c1-2-3(4)5;;;/h2H2,1H3,(H,4,5);;2*1H/q;+2;;/p-2. The van der Waals surface area contributed by atoms with Crippen molar-refractivity contribution in [2.24, 2.45) is 0 Å². The Morgan fingerprint density at radius 2 is 1.62 bits per heavy atom. The summed E-state index contributed by atoms with van der Waals surface area (Å²) in [5.41, 5.74) is 0. The minimum atomic E-state index is -0.745. The van der Waals surface area contributed by atoms with Crippen molar-refractivity contribution in [2.45, 2.75) is 13.3 Å². The summed E-state index contributed by atoms with van der Waals surface area (Å²) < 4.78 is 0. The third kappa shape index (κ3) is 26.6. The fourth-order valence-corrected chi connectivity index (χ4v) is 0. The first kappa shape index (κ1) is 22.8. The largest absolute Gasteiger partial charge is 2.00 e. The molecular formula is C3H6CaCl2O2. The van der Waals surface area contributed by atoms with Crippen molar-refractivity contribution in [3.8, 4) is 0 Å². The van der Waals surface area contributed by atoms with Gasteiger partial charge in [-0.2, -0.15) is 0 Å². The van der Waals surface area contributed by atoms with Gasteiger partial charge in [-0.05, 0) is 0 Å². The number of halogens is 2. The quantitative estimate of drug-likeness (QED) is 0.413. The van der Waals surface area contributed by atoms with Crippen molar-refractivity contribution < 1.29 is 34.7 Å². The number of carbonyl (C=O) groups is 1. The summed E-state index contributed by atoms with van der Waals surface area (Å²) in [5, 5.41) is 7.72. The van der Waals surface area contributed by atoms with Crippen LogP contribution in [0.1, 0.15) is 13.3 Å². The van der Waals surface area contributed by atoms with Gasteiger partial charge in [0.05, 0.1) is 0 Å². The summed E-state index contributed by atoms with van der Waals surface area (Å²) in [4.78, 5) is 9.37. The van der Waals surface area contributed by atoms with Gasteiger partial charge >= 0.3 is 43.7 Å². The Morgan fingerprint density at radius 1 is 1.50 bits per heavy atom. The molecule has 0 saturated heterocycles. The summed E-state index contributed by atoms with van der Waals surface area (Å²) in [6.07, 6.45) is 0.222. The molecule has 0 aliphatic rings. The molecule has 0 bridgehead atoms. The molecule has 46 valence electrons. The molecule has 8 heavy (non-hydrogen) atoms. The van der Waals surface area contributed by atoms with E-state index in [1.165, 1.54) is 0 Å². The zero-order valence-corrected chi connectivity index (χ0v) is 8.25. The fourth-order valence-electron chi connectivity index (χ4n) is 0. The van der Waals surface area contributed by atoms with E-state index in [1.54, 1.807) is 6.92 Å². The smallest absolute Gasteiger partial charge is 1.00 e. The minimum absolute atomic E-state index is 0. The zero-order chi connectivity index (χ0) is 4.28. The van der Waals surface area contributed by atoms with E-state index in [2.05, 4.69) is 0 Å². The first-order chi connectivity index (χ1) is 2.27. The number of carboxylic acid groups (broad SMARTS) is 1. The molecule has 0 aromatic rings. The molecule has 2 nitrogen and oxygen atoms in total. The second-order valence-corrected chi connectivity index (χ2v) is 0.747. The number of rotatable bonds is 1. The summed E-state index contributed by atoms with van der Waals surface area (Å²) in [6, 6.07) is 0. The molecule has 0 saturated carbocycles. The van der Waals surface area contributed by atoms with Gasteiger partial charge in [0.2, 0.25) is 0 Å². The van der Waals surface area contributed by atoms with Crippen molar-refractivity contribution in [1.29, 1.82) is 0 Å². The second-order valence-electron chi connectivity index (χ2n) is 0.747. The first-order valence-corrected chi connectivity index (χ1v) is 1.49. The maximum absolute atomic E-state index is 9.37. The number of hydrogen-bond acceptors (Lipinski definition) is 1. The molecule has 0 aliphatic carbocycles. The maximum atomic E-state index is 9.37. The van der Waals surface area contributed by atoms with Crippen molar-refractivity contribution in [1.82, 2.24) is 0 Å². The van der Waals surface area contributed by atoms with Gasteiger partial charge in [0.15, 0.2) is 0 Å². The van der Waals surface area contributed by atoms with Crippen LogP contribution in [0.15, 0.2) is 0 Å². The average Bonchev–Trinajstić information content (AvgIpc) is 1.38. The Morgan fingerprint density at radius 3 is 1.62 bits per heavy atom. The molecule has 0 aromatic carbocycles. The number of aliphatic carboxylic acids is 1. The summed E-state index contributed by atoms with van der Waals surface area (Å²) in [5.74, 6) is -0.745. The molecule has 5 heteroatoms. The van der Waals surface area contributed by atoms with E-state index in [0.717, 1.165) is 0 Å². The van der Waals surface area contributed by atoms with Gasteiger partial charge in [0.25, 0.3) is 0 Å². The van der Waals surface area contributed by atoms with E-state index in [0.29, 0.717) is 0 Å². The van der Waals surface area contributed by atoms with Crippen LogP contribution in [-0.2, 0) is 4.79 Å². The summed E-state index contributed by atoms with van der Waals surface area (Å²) >= 11 is 0. The number of carboxylic acids is 1. The third-order valence-electron chi connectivity index (χ3n) is 0.302. The molecular weight excluding hydrogens is 179 g/mol. The van der Waals surface area contributed by atoms with Gasteiger partial charge < -0.3 is 29.9 Å². The van der Waals surface area contributed by atoms with Gasteiger partial charge in [0, 0.05) is 6.42 Å². The zero-order valence-electron chi connectivity index (χ0n) is 4.53. The normalized spacial score (nSPS) is 4.62. The van der Waals surface area contributed by atoms with Gasteiger partial charge in [-0.15, -0.1) is 0 Å². The predicted octanol–water partition coefficient (Wildman–Crippen LogP) is -5.89. The molecule has 1 N–H and O–H groups in total. The monoisotopic (exact) mass is 184 g/mol. The third-order valence-corrected chi connectivity index (χ3v) is 0.302. The summed E-state index contributed by atoms with van der Waals surface area (Å²) in [6.45, 7) is 1.60. The fraction of sp³-hybridized carbons (Fsp3) is 0.667. The SMILES string of the molecule is CCC(=O)O.[Ca+2].[Cl-].[Cl-]. The van der Waals surface area contributed by atoms with Crippen molar-refractivity contribution in [3.63, 3.8) is 0 Å². The van der Waals surface area contributed by atoms with E-state index < -0.39 is 5.97 Å². The molecule has 0 aliphatic heterocycles. The second kappa shape index (κ2) is 15.7. The van der Waals surface area contributed by atoms with Gasteiger partial charge in [-0.1, -0.05) is 6.92 Å². The molecule has 0 spiro atoms. The molecule has 0 unspecified atom stereocenters. The molecule has 0 radical (unpaired) electrons. The number of hydrogen-bond donors (Lipinski definition) is 1. The molecule has 0 rings (SSSR count). The summed E-state index contributed by atoms with van der Waals surface area (Å²) in [7, 11) is 0. The molecule has 0 aromatic heterocycles. The molecule has 0 atom stereocenters. The minimum Gasteiger partial charge on any atom is -1.00 e. The van der Waals surface area contributed by atoms with E-state index in [4.69, 9.17) is 5.11 Å². The van der Waals surface area contributed by atoms with Crippen LogP contribution in [0, 0.1) is 0 Å². The van der Waals surface area contributed by atoms with Crippen molar-refractivity contribution in [3.05, 3.63) is 0 Å². The van der Waals surface area contributed by atoms with Crippen LogP contribution in [0.5, 0.6) is 0 Å². The van der Waals surface area contributed by atoms with Gasteiger partial charge in [0.1, 0.15) is 0 Å². The van der Waals surface area contributed by atoms with Crippen LogP contribution in [0.3, 0.4) is 0 Å². The van der Waals surface area contributed by atoms with Crippen LogP contribution < -0.4 is 24.8 Å². The Labute approximate surface area is 90.8 Å². The van der Waals surface area contributed by atoms with Crippen LogP contribution in [-0.4, -0.2) is 48.8 Å². The van der Waals surface area contributed by atoms with E-state index in [9.17, 15) is 4.79 Å². The average molecular weight is 185 g/mol. The Bertz CT molecular complexity index is 50.5. The molecule has 0 fully saturated rings. The first-order valence-electron chi connectivity index (χ1n) is 1.49. The van der Waals surface area contributed by atoms with Crippen LogP contribution in [0.4, 0.5) is 0 Å². The van der Waals surface area contributed by atoms with Crippen molar-refractivity contribution in [2.75, 3.05) is 0 Å². The van der Waals surface area contributed by atoms with E-state index in [1.807, 2.05) is 0 Å². The molecule has 0 amide bonds. The Kier molecular flexibility index (Phi) is 44.9. The van der Waals surface area contributed by atoms with Gasteiger partial charge in [-0.3, -0.25) is 4.79 Å². The Hall–Kier alpha value is 1.31. The molecule has 0 heterocycles.